The van der Waals surface area contributed by atoms with Crippen LogP contribution < -0.4 is 15.2 Å². The highest BCUT2D eigenvalue weighted by molar-refractivity contribution is 9.10. The summed E-state index contributed by atoms with van der Waals surface area (Å²) >= 11 is 2.84. The molecule has 1 aromatic rings. The van der Waals surface area contributed by atoms with Gasteiger partial charge >= 0.3 is 13.0 Å². The van der Waals surface area contributed by atoms with Crippen molar-refractivity contribution in [1.82, 2.24) is 0 Å². The van der Waals surface area contributed by atoms with Crippen LogP contribution in [0.3, 0.4) is 0 Å². The van der Waals surface area contributed by atoms with Gasteiger partial charge in [-0.25, -0.2) is 0 Å². The molecule has 2 N–H and O–H groups in total. The van der Waals surface area contributed by atoms with E-state index in [9.17, 15) is 22.0 Å². The van der Waals surface area contributed by atoms with E-state index in [1.165, 1.54) is 0 Å². The van der Waals surface area contributed by atoms with Gasteiger partial charge < -0.3 is 15.2 Å². The van der Waals surface area contributed by atoms with Crippen LogP contribution in [0.1, 0.15) is 0 Å². The summed E-state index contributed by atoms with van der Waals surface area (Å²) in [5, 5.41) is 0. The second kappa shape index (κ2) is 4.94. The van der Waals surface area contributed by atoms with Gasteiger partial charge in [-0.3, -0.25) is 0 Å². The predicted octanol–water partition coefficient (Wildman–Crippen LogP) is 3.53. The van der Waals surface area contributed by atoms with E-state index in [1.54, 1.807) is 0 Å². The number of benzene rings is 1. The van der Waals surface area contributed by atoms with Crippen LogP contribution in [0.2, 0.25) is 0 Å². The molecule has 0 aliphatic heterocycles. The van der Waals surface area contributed by atoms with Gasteiger partial charge in [-0.2, -0.15) is 8.78 Å². The van der Waals surface area contributed by atoms with E-state index < -0.39 is 30.2 Å². The number of ether oxygens (including phenoxy) is 2. The van der Waals surface area contributed by atoms with Crippen LogP contribution >= 0.6 is 15.9 Å². The number of hydrogen-bond donors (Lipinski definition) is 1. The molecule has 0 bridgehead atoms. The third kappa shape index (κ3) is 3.91. The lowest BCUT2D eigenvalue weighted by Crippen LogP contribution is -2.19. The lowest BCUT2D eigenvalue weighted by atomic mass is 10.3. The van der Waals surface area contributed by atoms with Crippen LogP contribution in [-0.2, 0) is 0 Å². The maximum Gasteiger partial charge on any atom is 0.573 e. The minimum absolute atomic E-state index is 0.0679. The molecular weight excluding hydrogens is 317 g/mol. The van der Waals surface area contributed by atoms with E-state index in [0.29, 0.717) is 0 Å². The molecule has 0 radical (unpaired) electrons. The van der Waals surface area contributed by atoms with Gasteiger partial charge in [0.2, 0.25) is 0 Å². The maximum absolute atomic E-state index is 12.0. The van der Waals surface area contributed by atoms with E-state index in [0.717, 1.165) is 12.1 Å². The molecule has 0 aromatic heterocycles. The Kier molecular flexibility index (Phi) is 4.02. The molecule has 17 heavy (non-hydrogen) atoms. The van der Waals surface area contributed by atoms with Crippen molar-refractivity contribution in [2.24, 2.45) is 0 Å². The molecule has 0 saturated heterocycles. The van der Waals surface area contributed by atoms with E-state index in [4.69, 9.17) is 5.73 Å². The third-order valence-corrected chi connectivity index (χ3v) is 2.23. The first-order valence-electron chi connectivity index (χ1n) is 3.99. The van der Waals surface area contributed by atoms with Crippen molar-refractivity contribution >= 4 is 21.6 Å². The van der Waals surface area contributed by atoms with Gasteiger partial charge in [0, 0.05) is 4.47 Å². The smallest absolute Gasteiger partial charge is 0.431 e. The Bertz CT molecular complexity index is 410. The largest absolute Gasteiger partial charge is 0.573 e. The summed E-state index contributed by atoms with van der Waals surface area (Å²) < 4.78 is 67.5. The maximum atomic E-state index is 12.0. The molecule has 0 heterocycles. The number of anilines is 1. The summed E-state index contributed by atoms with van der Waals surface area (Å²) in [6.07, 6.45) is -5.06. The normalized spacial score (nSPS) is 11.7. The van der Waals surface area contributed by atoms with Crippen LogP contribution in [0.4, 0.5) is 27.6 Å². The quantitative estimate of drug-likeness (QED) is 0.684. The van der Waals surface area contributed by atoms with Gasteiger partial charge in [0.25, 0.3) is 0 Å². The second-order valence-corrected chi connectivity index (χ2v) is 3.57. The molecule has 0 amide bonds. The first-order valence-corrected chi connectivity index (χ1v) is 4.78. The number of halogens is 6. The Morgan fingerprint density at radius 3 is 2.29 bits per heavy atom. The zero-order chi connectivity index (χ0) is 13.2. The minimum atomic E-state index is -5.06. The summed E-state index contributed by atoms with van der Waals surface area (Å²) in [6, 6.07) is 2.05. The van der Waals surface area contributed by atoms with Crippen molar-refractivity contribution < 1.29 is 31.4 Å². The van der Waals surface area contributed by atoms with Gasteiger partial charge in [-0.05, 0) is 28.1 Å². The lowest BCUT2D eigenvalue weighted by Gasteiger charge is -2.16. The van der Waals surface area contributed by atoms with Gasteiger partial charge in [-0.1, -0.05) is 0 Å². The van der Waals surface area contributed by atoms with Crippen molar-refractivity contribution in [1.29, 1.82) is 0 Å². The molecular formula is C8H5BrF5NO2. The van der Waals surface area contributed by atoms with E-state index >= 15 is 0 Å². The highest BCUT2D eigenvalue weighted by atomic mass is 79.9. The number of nitrogens with two attached hydrogens (primary N) is 1. The van der Waals surface area contributed by atoms with E-state index in [-0.39, 0.29) is 4.47 Å². The monoisotopic (exact) mass is 321 g/mol. The van der Waals surface area contributed by atoms with Gasteiger partial charge in [-0.15, -0.1) is 13.2 Å². The average Bonchev–Trinajstić information content (AvgIpc) is 2.15. The Morgan fingerprint density at radius 2 is 1.82 bits per heavy atom. The van der Waals surface area contributed by atoms with E-state index in [2.05, 4.69) is 25.4 Å². The van der Waals surface area contributed by atoms with Crippen LogP contribution in [0.5, 0.6) is 11.5 Å². The highest BCUT2D eigenvalue weighted by Crippen LogP contribution is 2.41. The molecule has 0 spiro atoms. The first-order chi connectivity index (χ1) is 7.70. The highest BCUT2D eigenvalue weighted by Gasteiger charge is 2.34. The molecule has 9 heteroatoms. The SMILES string of the molecule is Nc1c(Br)ccc(OC(F)F)c1OC(F)(F)F. The van der Waals surface area contributed by atoms with Crippen LogP contribution in [-0.4, -0.2) is 13.0 Å². The van der Waals surface area contributed by atoms with Crippen molar-refractivity contribution in [3.05, 3.63) is 16.6 Å². The summed E-state index contributed by atoms with van der Waals surface area (Å²) in [4.78, 5) is 0. The number of hydrogen-bond acceptors (Lipinski definition) is 3. The fourth-order valence-electron chi connectivity index (χ4n) is 0.965. The molecule has 0 saturated carbocycles. The van der Waals surface area contributed by atoms with Crippen molar-refractivity contribution in [2.45, 2.75) is 13.0 Å². The molecule has 0 aliphatic rings. The number of alkyl halides is 5. The van der Waals surface area contributed by atoms with Crippen LogP contribution in [0.25, 0.3) is 0 Å². The molecule has 0 fully saturated rings. The fraction of sp³-hybridized carbons (Fsp3) is 0.250. The van der Waals surface area contributed by atoms with Crippen molar-refractivity contribution in [2.75, 3.05) is 5.73 Å². The lowest BCUT2D eigenvalue weighted by molar-refractivity contribution is -0.275. The fourth-order valence-corrected chi connectivity index (χ4v) is 1.28. The molecule has 0 atom stereocenters. The molecule has 0 aliphatic carbocycles. The standard InChI is InChI=1S/C8H5BrF5NO2/c9-3-1-2-4(16-7(10)11)6(5(3)15)17-8(12,13)14/h1-2,7H,15H2. The van der Waals surface area contributed by atoms with Crippen molar-refractivity contribution in [3.63, 3.8) is 0 Å². The molecule has 0 unspecified atom stereocenters. The van der Waals surface area contributed by atoms with Gasteiger partial charge in [0.05, 0.1) is 5.69 Å². The zero-order valence-electron chi connectivity index (χ0n) is 7.89. The Hall–Kier alpha value is -1.25. The molecule has 1 rings (SSSR count). The van der Waals surface area contributed by atoms with E-state index in [1.807, 2.05) is 0 Å². The number of rotatable bonds is 3. The summed E-state index contributed by atoms with van der Waals surface area (Å²) in [7, 11) is 0. The number of nitrogen functional groups attached to an aromatic ring is 1. The second-order valence-electron chi connectivity index (χ2n) is 2.71. The first kappa shape index (κ1) is 13.8. The Balaban J connectivity index is 3.17. The minimum Gasteiger partial charge on any atom is -0.431 e. The van der Waals surface area contributed by atoms with Crippen molar-refractivity contribution in [3.8, 4) is 11.5 Å². The Morgan fingerprint density at radius 1 is 1.24 bits per heavy atom. The topological polar surface area (TPSA) is 44.5 Å². The van der Waals surface area contributed by atoms with Gasteiger partial charge in [0.1, 0.15) is 0 Å². The van der Waals surface area contributed by atoms with Crippen LogP contribution in [0.15, 0.2) is 16.6 Å². The zero-order valence-corrected chi connectivity index (χ0v) is 9.48. The predicted molar refractivity (Wildman–Crippen MR) is 51.9 cm³/mol. The summed E-state index contributed by atoms with van der Waals surface area (Å²) in [5.74, 6) is -1.80. The molecule has 1 aromatic carbocycles. The van der Waals surface area contributed by atoms with Crippen LogP contribution in [0, 0.1) is 0 Å². The molecule has 96 valence electrons. The molecule has 3 nitrogen and oxygen atoms in total. The average molecular weight is 322 g/mol. The summed E-state index contributed by atoms with van der Waals surface area (Å²) in [6.45, 7) is -3.29. The van der Waals surface area contributed by atoms with Gasteiger partial charge in [0.15, 0.2) is 11.5 Å². The Labute approximate surface area is 100 Å². The summed E-state index contributed by atoms with van der Waals surface area (Å²) in [5.41, 5.74) is 4.78. The third-order valence-electron chi connectivity index (χ3n) is 1.54.